The molecule has 8 heteroatoms. The highest BCUT2D eigenvalue weighted by molar-refractivity contribution is 5.89. The summed E-state index contributed by atoms with van der Waals surface area (Å²) in [5, 5.41) is 22.2. The molecule has 0 radical (unpaired) electrons. The van der Waals surface area contributed by atoms with E-state index in [0.29, 0.717) is 17.2 Å². The minimum Gasteiger partial charge on any atom is -0.496 e. The number of nitrogens with two attached hydrogens (primary N) is 1. The molecule has 3 aromatic rings. The van der Waals surface area contributed by atoms with E-state index in [-0.39, 0.29) is 24.9 Å². The number of aliphatic hydroxyl groups is 1. The normalized spacial score (nSPS) is 11.7. The first-order valence-electron chi connectivity index (χ1n) is 7.16. The van der Waals surface area contributed by atoms with Gasteiger partial charge in [-0.3, -0.25) is 0 Å². The SMILES string of the molecule is COc1cc2ccccc2cc1-c1nnc(CO/N=C(\N)CO)o1. The lowest BCUT2D eigenvalue weighted by Gasteiger charge is -2.07. The molecule has 8 nitrogen and oxygen atoms in total. The smallest absolute Gasteiger partial charge is 0.257 e. The van der Waals surface area contributed by atoms with E-state index in [0.717, 1.165) is 10.8 Å². The van der Waals surface area contributed by atoms with Crippen LogP contribution in [-0.4, -0.2) is 34.9 Å². The third kappa shape index (κ3) is 3.28. The van der Waals surface area contributed by atoms with Crippen molar-refractivity contribution in [2.24, 2.45) is 10.9 Å². The minimum absolute atomic E-state index is 0.0362. The zero-order chi connectivity index (χ0) is 16.9. The van der Waals surface area contributed by atoms with Gasteiger partial charge in [0.2, 0.25) is 0 Å². The van der Waals surface area contributed by atoms with Gasteiger partial charge in [-0.15, -0.1) is 10.2 Å². The van der Waals surface area contributed by atoms with Crippen LogP contribution in [0.3, 0.4) is 0 Å². The quantitative estimate of drug-likeness (QED) is 0.402. The van der Waals surface area contributed by atoms with Gasteiger partial charge in [-0.05, 0) is 22.9 Å². The highest BCUT2D eigenvalue weighted by Crippen LogP contribution is 2.33. The lowest BCUT2D eigenvalue weighted by atomic mass is 10.1. The standard InChI is InChI=1S/C16H16N4O4/c1-22-13-7-11-5-3-2-4-10(11)6-12(13)16-19-18-15(24-16)9-23-20-14(17)8-21/h2-7,21H,8-9H2,1H3,(H2,17,20). The van der Waals surface area contributed by atoms with Gasteiger partial charge in [-0.1, -0.05) is 29.4 Å². The molecular weight excluding hydrogens is 312 g/mol. The number of nitrogens with zero attached hydrogens (tertiary/aromatic N) is 3. The Bertz CT molecular complexity index is 875. The number of amidine groups is 1. The van der Waals surface area contributed by atoms with Crippen molar-refractivity contribution >= 4 is 16.6 Å². The third-order valence-corrected chi connectivity index (χ3v) is 3.30. The van der Waals surface area contributed by atoms with Crippen LogP contribution in [0.4, 0.5) is 0 Å². The van der Waals surface area contributed by atoms with Crippen molar-refractivity contribution in [3.63, 3.8) is 0 Å². The maximum atomic E-state index is 8.73. The van der Waals surface area contributed by atoms with Crippen molar-refractivity contribution < 1.29 is 19.1 Å². The Morgan fingerprint density at radius 3 is 2.71 bits per heavy atom. The third-order valence-electron chi connectivity index (χ3n) is 3.30. The number of rotatable bonds is 6. The van der Waals surface area contributed by atoms with Crippen LogP contribution in [0.15, 0.2) is 46.0 Å². The van der Waals surface area contributed by atoms with Crippen molar-refractivity contribution in [1.82, 2.24) is 10.2 Å². The highest BCUT2D eigenvalue weighted by Gasteiger charge is 2.15. The van der Waals surface area contributed by atoms with Crippen LogP contribution < -0.4 is 10.5 Å². The number of benzene rings is 2. The Labute approximate surface area is 137 Å². The highest BCUT2D eigenvalue weighted by atomic mass is 16.6. The van der Waals surface area contributed by atoms with Crippen molar-refractivity contribution in [1.29, 1.82) is 0 Å². The van der Waals surface area contributed by atoms with Crippen LogP contribution >= 0.6 is 0 Å². The first-order chi connectivity index (χ1) is 11.7. The van der Waals surface area contributed by atoms with Crippen molar-refractivity contribution in [2.45, 2.75) is 6.61 Å². The predicted octanol–water partition coefficient (Wildman–Crippen LogP) is 1.68. The number of aliphatic hydroxyl groups excluding tert-OH is 1. The van der Waals surface area contributed by atoms with E-state index in [4.69, 9.17) is 24.8 Å². The van der Waals surface area contributed by atoms with Crippen LogP contribution in [0, 0.1) is 0 Å². The molecule has 0 saturated carbocycles. The second-order valence-corrected chi connectivity index (χ2v) is 4.91. The van der Waals surface area contributed by atoms with E-state index < -0.39 is 0 Å². The maximum absolute atomic E-state index is 8.73. The van der Waals surface area contributed by atoms with Crippen molar-refractivity contribution in [3.8, 4) is 17.2 Å². The molecule has 0 bridgehead atoms. The number of fused-ring (bicyclic) bond motifs is 1. The Balaban J connectivity index is 1.88. The monoisotopic (exact) mass is 328 g/mol. The first kappa shape index (κ1) is 15.8. The fourth-order valence-corrected chi connectivity index (χ4v) is 2.18. The van der Waals surface area contributed by atoms with Gasteiger partial charge >= 0.3 is 0 Å². The molecule has 2 aromatic carbocycles. The summed E-state index contributed by atoms with van der Waals surface area (Å²) in [6.07, 6.45) is 0. The van der Waals surface area contributed by atoms with Crippen LogP contribution in [0.5, 0.6) is 5.75 Å². The van der Waals surface area contributed by atoms with Gasteiger partial charge in [0, 0.05) is 0 Å². The summed E-state index contributed by atoms with van der Waals surface area (Å²) < 4.78 is 11.0. The molecule has 1 heterocycles. The molecule has 0 fully saturated rings. The molecule has 0 atom stereocenters. The molecule has 0 amide bonds. The van der Waals surface area contributed by atoms with E-state index >= 15 is 0 Å². The van der Waals surface area contributed by atoms with Crippen molar-refractivity contribution in [2.75, 3.05) is 13.7 Å². The lowest BCUT2D eigenvalue weighted by molar-refractivity contribution is 0.109. The fraction of sp³-hybridized carbons (Fsp3) is 0.188. The largest absolute Gasteiger partial charge is 0.496 e. The Morgan fingerprint density at radius 2 is 2.00 bits per heavy atom. The second-order valence-electron chi connectivity index (χ2n) is 4.91. The summed E-state index contributed by atoms with van der Waals surface area (Å²) in [7, 11) is 1.58. The first-order valence-corrected chi connectivity index (χ1v) is 7.16. The van der Waals surface area contributed by atoms with Gasteiger partial charge in [0.25, 0.3) is 11.8 Å². The van der Waals surface area contributed by atoms with Gasteiger partial charge < -0.3 is 24.8 Å². The molecule has 0 unspecified atom stereocenters. The molecule has 0 aliphatic heterocycles. The molecule has 3 N–H and O–H groups in total. The van der Waals surface area contributed by atoms with Gasteiger partial charge in [0.15, 0.2) is 12.4 Å². The summed E-state index contributed by atoms with van der Waals surface area (Å²) in [5.74, 6) is 1.14. The molecule has 0 spiro atoms. The summed E-state index contributed by atoms with van der Waals surface area (Å²) in [6, 6.07) is 11.7. The zero-order valence-electron chi connectivity index (χ0n) is 13.0. The van der Waals surface area contributed by atoms with Gasteiger partial charge in [0.05, 0.1) is 12.7 Å². The average molecular weight is 328 g/mol. The summed E-state index contributed by atoms with van der Waals surface area (Å²) in [5.41, 5.74) is 6.00. The number of oxime groups is 1. The summed E-state index contributed by atoms with van der Waals surface area (Å²) >= 11 is 0. The van der Waals surface area contributed by atoms with E-state index in [9.17, 15) is 0 Å². The molecule has 0 aliphatic carbocycles. The van der Waals surface area contributed by atoms with Gasteiger partial charge in [-0.2, -0.15) is 0 Å². The van der Waals surface area contributed by atoms with E-state index in [1.54, 1.807) is 7.11 Å². The Kier molecular flexibility index (Phi) is 4.57. The predicted molar refractivity (Wildman–Crippen MR) is 87.3 cm³/mol. The van der Waals surface area contributed by atoms with Crippen LogP contribution in [0.1, 0.15) is 5.89 Å². The van der Waals surface area contributed by atoms with Crippen LogP contribution in [0.25, 0.3) is 22.2 Å². The fourth-order valence-electron chi connectivity index (χ4n) is 2.18. The zero-order valence-corrected chi connectivity index (χ0v) is 13.0. The van der Waals surface area contributed by atoms with E-state index in [2.05, 4.69) is 15.4 Å². The Morgan fingerprint density at radius 1 is 1.25 bits per heavy atom. The number of methoxy groups -OCH3 is 1. The number of ether oxygens (including phenoxy) is 1. The van der Waals surface area contributed by atoms with Crippen LogP contribution in [0.2, 0.25) is 0 Å². The summed E-state index contributed by atoms with van der Waals surface area (Å²) in [6.45, 7) is -0.438. The molecule has 0 saturated heterocycles. The topological polar surface area (TPSA) is 116 Å². The minimum atomic E-state index is -0.386. The molecule has 1 aromatic heterocycles. The van der Waals surface area contributed by atoms with Crippen molar-refractivity contribution in [3.05, 3.63) is 42.3 Å². The van der Waals surface area contributed by atoms with E-state index in [1.807, 2.05) is 36.4 Å². The van der Waals surface area contributed by atoms with E-state index in [1.165, 1.54) is 0 Å². The molecule has 24 heavy (non-hydrogen) atoms. The number of aromatic nitrogens is 2. The number of hydrogen-bond acceptors (Lipinski definition) is 7. The van der Waals surface area contributed by atoms with Gasteiger partial charge in [-0.25, -0.2) is 0 Å². The molecule has 3 rings (SSSR count). The number of hydrogen-bond donors (Lipinski definition) is 2. The van der Waals surface area contributed by atoms with Gasteiger partial charge in [0.1, 0.15) is 12.4 Å². The summed E-state index contributed by atoms with van der Waals surface area (Å²) in [4.78, 5) is 4.92. The molecule has 0 aliphatic rings. The lowest BCUT2D eigenvalue weighted by Crippen LogP contribution is -2.16. The Hall–Kier alpha value is -3.13. The maximum Gasteiger partial charge on any atom is 0.257 e. The molecular formula is C16H16N4O4. The average Bonchev–Trinajstić information content (AvgIpc) is 3.09. The van der Waals surface area contributed by atoms with Crippen LogP contribution in [-0.2, 0) is 11.4 Å². The molecule has 124 valence electrons. The second kappa shape index (κ2) is 6.97.